The van der Waals surface area contributed by atoms with Crippen LogP contribution in [0.25, 0.3) is 0 Å². The Bertz CT molecular complexity index is 503. The van der Waals surface area contributed by atoms with Crippen molar-refractivity contribution in [2.24, 2.45) is 0 Å². The van der Waals surface area contributed by atoms with Gasteiger partial charge in [-0.2, -0.15) is 5.26 Å². The summed E-state index contributed by atoms with van der Waals surface area (Å²) in [5, 5.41) is 11.9. The molecule has 1 rings (SSSR count). The smallest absolute Gasteiger partial charge is 0.147 e. The van der Waals surface area contributed by atoms with E-state index in [0.29, 0.717) is 25.1 Å². The molecule has 0 atom stereocenters. The molecule has 0 amide bonds. The van der Waals surface area contributed by atoms with Crippen molar-refractivity contribution >= 4 is 9.84 Å². The lowest BCUT2D eigenvalue weighted by Crippen LogP contribution is -2.17. The van der Waals surface area contributed by atoms with Crippen molar-refractivity contribution in [3.63, 3.8) is 0 Å². The summed E-state index contributed by atoms with van der Waals surface area (Å²) in [5.41, 5.74) is 1.67. The third-order valence-electron chi connectivity index (χ3n) is 2.25. The van der Waals surface area contributed by atoms with Crippen molar-refractivity contribution in [1.29, 1.82) is 5.26 Å². The maximum absolute atomic E-state index is 10.9. The van der Waals surface area contributed by atoms with Crippen LogP contribution in [-0.4, -0.2) is 27.0 Å². The van der Waals surface area contributed by atoms with Crippen molar-refractivity contribution in [1.82, 2.24) is 5.32 Å². The number of nitriles is 1. The zero-order valence-electron chi connectivity index (χ0n) is 9.81. The van der Waals surface area contributed by atoms with Gasteiger partial charge < -0.3 is 5.32 Å². The number of hydrogen-bond acceptors (Lipinski definition) is 4. The first-order valence-corrected chi connectivity index (χ1v) is 7.45. The Hall–Kier alpha value is -1.38. The van der Waals surface area contributed by atoms with Crippen LogP contribution >= 0.6 is 0 Å². The second-order valence-electron chi connectivity index (χ2n) is 3.97. The quantitative estimate of drug-likeness (QED) is 0.769. The topological polar surface area (TPSA) is 70.0 Å². The number of sulfone groups is 1. The van der Waals surface area contributed by atoms with Gasteiger partial charge in [0.15, 0.2) is 0 Å². The summed E-state index contributed by atoms with van der Waals surface area (Å²) in [4.78, 5) is 0. The van der Waals surface area contributed by atoms with Crippen LogP contribution in [0.3, 0.4) is 0 Å². The molecule has 0 heterocycles. The predicted molar refractivity (Wildman–Crippen MR) is 67.2 cm³/mol. The molecule has 0 aliphatic rings. The van der Waals surface area contributed by atoms with Crippen LogP contribution in [0.15, 0.2) is 24.3 Å². The molecular weight excluding hydrogens is 236 g/mol. The van der Waals surface area contributed by atoms with E-state index in [0.717, 1.165) is 5.56 Å². The predicted octanol–water partition coefficient (Wildman–Crippen LogP) is 1.08. The number of hydrogen-bond donors (Lipinski definition) is 1. The van der Waals surface area contributed by atoms with E-state index in [1.165, 1.54) is 6.26 Å². The van der Waals surface area contributed by atoms with Crippen LogP contribution in [-0.2, 0) is 16.4 Å². The highest BCUT2D eigenvalue weighted by Crippen LogP contribution is 2.03. The van der Waals surface area contributed by atoms with Gasteiger partial charge in [-0.1, -0.05) is 12.1 Å². The van der Waals surface area contributed by atoms with Crippen LogP contribution in [0.5, 0.6) is 0 Å². The van der Waals surface area contributed by atoms with E-state index >= 15 is 0 Å². The maximum Gasteiger partial charge on any atom is 0.147 e. The van der Waals surface area contributed by atoms with E-state index in [1.54, 1.807) is 6.07 Å². The Morgan fingerprint density at radius 3 is 2.82 bits per heavy atom. The summed E-state index contributed by atoms with van der Waals surface area (Å²) >= 11 is 0. The molecule has 0 aliphatic heterocycles. The Labute approximate surface area is 102 Å². The van der Waals surface area contributed by atoms with E-state index < -0.39 is 9.84 Å². The average Bonchev–Trinajstić information content (AvgIpc) is 2.27. The molecule has 0 spiro atoms. The fourth-order valence-electron chi connectivity index (χ4n) is 1.44. The Balaban J connectivity index is 2.29. The van der Waals surface area contributed by atoms with Crippen molar-refractivity contribution in [3.05, 3.63) is 35.4 Å². The molecule has 0 saturated carbocycles. The van der Waals surface area contributed by atoms with E-state index in [4.69, 9.17) is 5.26 Å². The van der Waals surface area contributed by atoms with Crippen molar-refractivity contribution < 1.29 is 8.42 Å². The molecule has 1 aromatic rings. The van der Waals surface area contributed by atoms with Crippen LogP contribution in [0.4, 0.5) is 0 Å². The third-order valence-corrected chi connectivity index (χ3v) is 3.28. The van der Waals surface area contributed by atoms with Gasteiger partial charge in [0.2, 0.25) is 0 Å². The van der Waals surface area contributed by atoms with Gasteiger partial charge in [0.1, 0.15) is 9.84 Å². The van der Waals surface area contributed by atoms with Gasteiger partial charge in [-0.15, -0.1) is 0 Å². The average molecular weight is 252 g/mol. The molecular formula is C12H16N2O2S. The maximum atomic E-state index is 10.9. The Kier molecular flexibility index (Phi) is 5.13. The lowest BCUT2D eigenvalue weighted by Gasteiger charge is -2.04. The van der Waals surface area contributed by atoms with E-state index in [9.17, 15) is 8.42 Å². The molecule has 92 valence electrons. The first-order chi connectivity index (χ1) is 8.01. The number of nitrogens with one attached hydrogen (secondary N) is 1. The molecule has 17 heavy (non-hydrogen) atoms. The molecule has 0 saturated heterocycles. The van der Waals surface area contributed by atoms with Gasteiger partial charge in [0, 0.05) is 12.8 Å². The minimum atomic E-state index is -2.86. The van der Waals surface area contributed by atoms with E-state index in [-0.39, 0.29) is 5.75 Å². The largest absolute Gasteiger partial charge is 0.313 e. The summed E-state index contributed by atoms with van der Waals surface area (Å²) < 4.78 is 21.8. The lowest BCUT2D eigenvalue weighted by atomic mass is 10.1. The number of benzene rings is 1. The zero-order chi connectivity index (χ0) is 12.7. The molecule has 0 bridgehead atoms. The molecule has 1 aromatic carbocycles. The van der Waals surface area contributed by atoms with Crippen molar-refractivity contribution in [3.8, 4) is 6.07 Å². The first kappa shape index (κ1) is 13.7. The van der Waals surface area contributed by atoms with Crippen LogP contribution in [0.2, 0.25) is 0 Å². The third kappa shape index (κ3) is 6.05. The summed E-state index contributed by atoms with van der Waals surface area (Å²) in [6.45, 7) is 1.31. The Morgan fingerprint density at radius 2 is 2.18 bits per heavy atom. The second kappa shape index (κ2) is 6.38. The zero-order valence-corrected chi connectivity index (χ0v) is 10.6. The molecule has 0 aromatic heterocycles. The highest BCUT2D eigenvalue weighted by atomic mass is 32.2. The van der Waals surface area contributed by atoms with E-state index in [2.05, 4.69) is 11.4 Å². The van der Waals surface area contributed by atoms with Crippen LogP contribution < -0.4 is 5.32 Å². The summed E-state index contributed by atoms with van der Waals surface area (Å²) in [6, 6.07) is 9.44. The highest BCUT2D eigenvalue weighted by molar-refractivity contribution is 7.90. The van der Waals surface area contributed by atoms with E-state index in [1.807, 2.05) is 18.2 Å². The van der Waals surface area contributed by atoms with Gasteiger partial charge in [0.05, 0.1) is 17.4 Å². The molecule has 1 N–H and O–H groups in total. The number of rotatable bonds is 6. The summed E-state index contributed by atoms with van der Waals surface area (Å²) in [5.74, 6) is 0.207. The van der Waals surface area contributed by atoms with Gasteiger partial charge >= 0.3 is 0 Å². The van der Waals surface area contributed by atoms with Crippen molar-refractivity contribution in [2.75, 3.05) is 18.6 Å². The molecule has 0 radical (unpaired) electrons. The second-order valence-corrected chi connectivity index (χ2v) is 6.23. The van der Waals surface area contributed by atoms with Gasteiger partial charge in [-0.05, 0) is 30.7 Å². The minimum absolute atomic E-state index is 0.207. The molecule has 5 heteroatoms. The van der Waals surface area contributed by atoms with Crippen LogP contribution in [0.1, 0.15) is 17.5 Å². The lowest BCUT2D eigenvalue weighted by molar-refractivity contribution is 0.594. The number of nitrogens with zero attached hydrogens (tertiary/aromatic N) is 1. The van der Waals surface area contributed by atoms with Gasteiger partial charge in [0.25, 0.3) is 0 Å². The highest BCUT2D eigenvalue weighted by Gasteiger charge is 2.01. The molecule has 0 fully saturated rings. The molecule has 4 nitrogen and oxygen atoms in total. The summed E-state index contributed by atoms with van der Waals surface area (Å²) in [6.07, 6.45) is 1.85. The summed E-state index contributed by atoms with van der Waals surface area (Å²) in [7, 11) is -2.86. The fraction of sp³-hybridized carbons (Fsp3) is 0.417. The molecule has 0 unspecified atom stereocenters. The molecule has 0 aliphatic carbocycles. The minimum Gasteiger partial charge on any atom is -0.313 e. The van der Waals surface area contributed by atoms with Crippen molar-refractivity contribution in [2.45, 2.75) is 13.0 Å². The fourth-order valence-corrected chi connectivity index (χ4v) is 2.11. The normalized spacial score (nSPS) is 11.1. The standard InChI is InChI=1S/C12H16N2O2S/c1-17(15,16)7-3-6-14-10-12-5-2-4-11(8-12)9-13/h2,4-5,8,14H,3,6-7,10H2,1H3. The Morgan fingerprint density at radius 1 is 1.41 bits per heavy atom. The monoisotopic (exact) mass is 252 g/mol. The van der Waals surface area contributed by atoms with Gasteiger partial charge in [-0.25, -0.2) is 8.42 Å². The SMILES string of the molecule is CS(=O)(=O)CCCNCc1cccc(C#N)c1. The first-order valence-electron chi connectivity index (χ1n) is 5.39. The van der Waals surface area contributed by atoms with Crippen LogP contribution in [0, 0.1) is 11.3 Å². The van der Waals surface area contributed by atoms with Gasteiger partial charge in [-0.3, -0.25) is 0 Å².